The summed E-state index contributed by atoms with van der Waals surface area (Å²) in [5.41, 5.74) is -0.795. The second-order valence-electron chi connectivity index (χ2n) is 3.88. The Kier molecular flexibility index (Phi) is 3.05. The largest absolute Gasteiger partial charge is 0.478 e. The fourth-order valence-electron chi connectivity index (χ4n) is 1.67. The van der Waals surface area contributed by atoms with Crippen LogP contribution in [-0.2, 0) is 4.79 Å². The second-order valence-corrected chi connectivity index (χ2v) is 3.88. The summed E-state index contributed by atoms with van der Waals surface area (Å²) < 4.78 is 53.1. The molecule has 0 radical (unpaired) electrons. The van der Waals surface area contributed by atoms with Crippen LogP contribution in [0.2, 0.25) is 0 Å². The van der Waals surface area contributed by atoms with Crippen LogP contribution in [0, 0.1) is 23.3 Å². The zero-order valence-corrected chi connectivity index (χ0v) is 9.52. The lowest BCUT2D eigenvalue weighted by Crippen LogP contribution is -1.98. The summed E-state index contributed by atoms with van der Waals surface area (Å²) >= 11 is 0. The van der Waals surface area contributed by atoms with Crippen molar-refractivity contribution in [2.75, 3.05) is 0 Å². The number of benzene rings is 1. The number of fused-ring (bicyclic) bond motifs is 1. The molecule has 0 saturated heterocycles. The number of carbonyl (C=O) groups is 1. The Labute approximate surface area is 104 Å². The predicted molar refractivity (Wildman–Crippen MR) is 59.4 cm³/mol. The van der Waals surface area contributed by atoms with Crippen LogP contribution in [0.1, 0.15) is 12.5 Å². The van der Waals surface area contributed by atoms with E-state index in [1.54, 1.807) is 0 Å². The van der Waals surface area contributed by atoms with Crippen LogP contribution >= 0.6 is 0 Å². The molecule has 2 N–H and O–H groups in total. The van der Waals surface area contributed by atoms with E-state index in [2.05, 4.69) is 4.98 Å². The van der Waals surface area contributed by atoms with Gasteiger partial charge in [-0.05, 0) is 13.0 Å². The molecule has 2 rings (SSSR count). The number of aliphatic carboxylic acids is 1. The molecule has 0 saturated carbocycles. The number of hydrogen-bond donors (Lipinski definition) is 2. The molecule has 0 unspecified atom stereocenters. The first kappa shape index (κ1) is 13.1. The summed E-state index contributed by atoms with van der Waals surface area (Å²) in [5, 5.41) is 8.16. The Morgan fingerprint density at radius 1 is 1.16 bits per heavy atom. The van der Waals surface area contributed by atoms with Crippen molar-refractivity contribution in [1.82, 2.24) is 4.98 Å². The van der Waals surface area contributed by atoms with Gasteiger partial charge in [-0.2, -0.15) is 0 Å². The predicted octanol–water partition coefficient (Wildman–Crippen LogP) is 3.21. The van der Waals surface area contributed by atoms with Gasteiger partial charge >= 0.3 is 5.97 Å². The molecule has 0 spiro atoms. The summed E-state index contributed by atoms with van der Waals surface area (Å²) in [6, 6.07) is 0. The third-order valence-electron chi connectivity index (χ3n) is 2.64. The lowest BCUT2D eigenvalue weighted by atomic mass is 10.1. The Balaban J connectivity index is 2.81. The van der Waals surface area contributed by atoms with Crippen LogP contribution in [0.15, 0.2) is 11.8 Å². The molecular weight excluding hydrogens is 266 g/mol. The molecule has 0 aliphatic carbocycles. The third-order valence-corrected chi connectivity index (χ3v) is 2.64. The lowest BCUT2D eigenvalue weighted by Gasteiger charge is -2.01. The van der Waals surface area contributed by atoms with E-state index in [0.29, 0.717) is 0 Å². The average molecular weight is 273 g/mol. The highest BCUT2D eigenvalue weighted by atomic mass is 19.2. The van der Waals surface area contributed by atoms with Gasteiger partial charge in [-0.3, -0.25) is 0 Å². The van der Waals surface area contributed by atoms with E-state index in [1.165, 1.54) is 6.92 Å². The molecule has 2 aromatic rings. The van der Waals surface area contributed by atoms with E-state index >= 15 is 0 Å². The molecule has 1 aromatic heterocycles. The first-order valence-electron chi connectivity index (χ1n) is 5.09. The molecule has 1 heterocycles. The summed E-state index contributed by atoms with van der Waals surface area (Å²) in [5.74, 6) is -8.25. The molecule has 0 atom stereocenters. The molecule has 0 fully saturated rings. The van der Waals surface area contributed by atoms with E-state index in [0.717, 1.165) is 12.3 Å². The van der Waals surface area contributed by atoms with Crippen LogP contribution in [0.25, 0.3) is 17.0 Å². The van der Waals surface area contributed by atoms with Crippen molar-refractivity contribution >= 4 is 22.9 Å². The normalized spacial score (nSPS) is 12.2. The van der Waals surface area contributed by atoms with Crippen molar-refractivity contribution in [1.29, 1.82) is 0 Å². The highest BCUT2D eigenvalue weighted by molar-refractivity contribution is 5.97. The Morgan fingerprint density at radius 3 is 2.32 bits per heavy atom. The highest BCUT2D eigenvalue weighted by Gasteiger charge is 2.23. The molecule has 0 amide bonds. The number of halogens is 4. The summed E-state index contributed by atoms with van der Waals surface area (Å²) in [6.07, 6.45) is 2.10. The van der Waals surface area contributed by atoms with Gasteiger partial charge in [0.05, 0.1) is 5.52 Å². The number of aromatic amines is 1. The summed E-state index contributed by atoms with van der Waals surface area (Å²) in [6.45, 7) is 1.23. The molecule has 0 aliphatic rings. The van der Waals surface area contributed by atoms with Crippen molar-refractivity contribution in [3.8, 4) is 0 Å². The highest BCUT2D eigenvalue weighted by Crippen LogP contribution is 2.29. The quantitative estimate of drug-likeness (QED) is 0.382. The smallest absolute Gasteiger partial charge is 0.331 e. The number of carboxylic acid groups (broad SMARTS) is 1. The molecule has 3 nitrogen and oxygen atoms in total. The minimum Gasteiger partial charge on any atom is -0.478 e. The van der Waals surface area contributed by atoms with Gasteiger partial charge in [0.2, 0.25) is 0 Å². The molecule has 100 valence electrons. The Hall–Kier alpha value is -2.31. The van der Waals surface area contributed by atoms with Gasteiger partial charge in [0.15, 0.2) is 23.3 Å². The molecule has 19 heavy (non-hydrogen) atoms. The molecule has 1 aromatic carbocycles. The zero-order chi connectivity index (χ0) is 14.3. The summed E-state index contributed by atoms with van der Waals surface area (Å²) in [4.78, 5) is 12.9. The first-order chi connectivity index (χ1) is 8.84. The van der Waals surface area contributed by atoms with Crippen LogP contribution in [0.4, 0.5) is 17.6 Å². The van der Waals surface area contributed by atoms with Gasteiger partial charge < -0.3 is 10.1 Å². The molecule has 0 aliphatic heterocycles. The Morgan fingerprint density at radius 2 is 1.74 bits per heavy atom. The monoisotopic (exact) mass is 273 g/mol. The van der Waals surface area contributed by atoms with Crippen LogP contribution in [0.5, 0.6) is 0 Å². The van der Waals surface area contributed by atoms with Crippen molar-refractivity contribution in [2.45, 2.75) is 6.92 Å². The van der Waals surface area contributed by atoms with Gasteiger partial charge in [-0.1, -0.05) is 0 Å². The van der Waals surface area contributed by atoms with E-state index in [-0.39, 0.29) is 11.1 Å². The maximum atomic E-state index is 13.6. The molecule has 7 heteroatoms. The number of H-pyrrole nitrogens is 1. The van der Waals surface area contributed by atoms with E-state index < -0.39 is 40.1 Å². The van der Waals surface area contributed by atoms with Gasteiger partial charge in [0.25, 0.3) is 0 Å². The van der Waals surface area contributed by atoms with Crippen LogP contribution in [0.3, 0.4) is 0 Å². The topological polar surface area (TPSA) is 53.1 Å². The van der Waals surface area contributed by atoms with Crippen LogP contribution in [-0.4, -0.2) is 16.1 Å². The van der Waals surface area contributed by atoms with E-state index in [9.17, 15) is 22.4 Å². The standard InChI is InChI=1S/C12H7F4NO2/c1-4(12(18)19)2-5-3-17-11-6(5)7(13)8(14)9(15)10(11)16/h2-3,17H,1H3,(H,18,19)/b4-2+. The SMILES string of the molecule is C/C(=C\c1c[nH]c2c(F)c(F)c(F)c(F)c12)C(=O)O. The third kappa shape index (κ3) is 1.96. The van der Waals surface area contributed by atoms with E-state index in [4.69, 9.17) is 5.11 Å². The number of nitrogens with one attached hydrogen (secondary N) is 1. The fraction of sp³-hybridized carbons (Fsp3) is 0.0833. The van der Waals surface area contributed by atoms with Crippen molar-refractivity contribution < 1.29 is 27.5 Å². The first-order valence-corrected chi connectivity index (χ1v) is 5.09. The zero-order valence-electron chi connectivity index (χ0n) is 9.52. The maximum absolute atomic E-state index is 13.6. The van der Waals surface area contributed by atoms with Crippen molar-refractivity contribution in [3.05, 3.63) is 40.6 Å². The number of aromatic nitrogens is 1. The number of hydrogen-bond acceptors (Lipinski definition) is 1. The van der Waals surface area contributed by atoms with Crippen LogP contribution < -0.4 is 0 Å². The molecule has 0 bridgehead atoms. The number of carboxylic acids is 1. The minimum atomic E-state index is -1.94. The lowest BCUT2D eigenvalue weighted by molar-refractivity contribution is -0.132. The minimum absolute atomic E-state index is 0.0785. The van der Waals surface area contributed by atoms with Crippen molar-refractivity contribution in [2.24, 2.45) is 0 Å². The Bertz CT molecular complexity index is 718. The fourth-order valence-corrected chi connectivity index (χ4v) is 1.67. The van der Waals surface area contributed by atoms with Crippen molar-refractivity contribution in [3.63, 3.8) is 0 Å². The molecular formula is C12H7F4NO2. The second kappa shape index (κ2) is 4.42. The average Bonchev–Trinajstić information content (AvgIpc) is 2.77. The summed E-state index contributed by atoms with van der Waals surface area (Å²) in [7, 11) is 0. The van der Waals surface area contributed by atoms with Gasteiger partial charge in [-0.15, -0.1) is 0 Å². The number of rotatable bonds is 2. The van der Waals surface area contributed by atoms with Gasteiger partial charge in [-0.25, -0.2) is 22.4 Å². The van der Waals surface area contributed by atoms with Gasteiger partial charge in [0.1, 0.15) is 0 Å². The maximum Gasteiger partial charge on any atom is 0.331 e. The van der Waals surface area contributed by atoms with Gasteiger partial charge in [0, 0.05) is 22.7 Å². The van der Waals surface area contributed by atoms with E-state index in [1.807, 2.05) is 0 Å².